The molecule has 0 aliphatic carbocycles. The van der Waals surface area contributed by atoms with E-state index in [9.17, 15) is 14.9 Å². The fourth-order valence-corrected chi connectivity index (χ4v) is 3.25. The van der Waals surface area contributed by atoms with Crippen LogP contribution in [0.25, 0.3) is 0 Å². The van der Waals surface area contributed by atoms with Gasteiger partial charge in [0.1, 0.15) is 0 Å². The smallest absolute Gasteiger partial charge is 0.269 e. The molecule has 1 aliphatic heterocycles. The van der Waals surface area contributed by atoms with E-state index >= 15 is 0 Å². The van der Waals surface area contributed by atoms with Crippen LogP contribution in [0.2, 0.25) is 0 Å². The van der Waals surface area contributed by atoms with Gasteiger partial charge in [-0.25, -0.2) is 0 Å². The number of nitrogens with one attached hydrogen (secondary N) is 2. The quantitative estimate of drug-likeness (QED) is 0.328. The highest BCUT2D eigenvalue weighted by Gasteiger charge is 2.25. The molecule has 0 aromatic heterocycles. The van der Waals surface area contributed by atoms with Crippen molar-refractivity contribution in [3.8, 4) is 0 Å². The van der Waals surface area contributed by atoms with E-state index in [4.69, 9.17) is 12.2 Å². The molecule has 1 fully saturated rings. The number of benzene rings is 1. The lowest BCUT2D eigenvalue weighted by atomic mass is 9.96. The third kappa shape index (κ3) is 5.94. The summed E-state index contributed by atoms with van der Waals surface area (Å²) in [7, 11) is 0. The maximum absolute atomic E-state index is 12.2. The van der Waals surface area contributed by atoms with Gasteiger partial charge in [-0.05, 0) is 43.6 Å². The topological polar surface area (TPSA) is 87.5 Å². The van der Waals surface area contributed by atoms with Crippen LogP contribution in [0.5, 0.6) is 0 Å². The summed E-state index contributed by atoms with van der Waals surface area (Å²) in [5, 5.41) is 17.4. The zero-order valence-electron chi connectivity index (χ0n) is 15.1. The second-order valence-corrected chi connectivity index (χ2v) is 6.88. The Morgan fingerprint density at radius 1 is 1.27 bits per heavy atom. The van der Waals surface area contributed by atoms with Gasteiger partial charge >= 0.3 is 0 Å². The minimum Gasteiger partial charge on any atom is -0.356 e. The summed E-state index contributed by atoms with van der Waals surface area (Å²) in [5.74, 6) is 0.199. The number of anilines is 1. The number of carbonyl (C=O) groups excluding carboxylic acids is 1. The molecule has 0 saturated carbocycles. The minimum atomic E-state index is -0.430. The first-order valence-corrected chi connectivity index (χ1v) is 9.50. The van der Waals surface area contributed by atoms with Gasteiger partial charge in [0.15, 0.2) is 5.11 Å². The molecular weight excluding hydrogens is 352 g/mol. The van der Waals surface area contributed by atoms with Gasteiger partial charge in [-0.1, -0.05) is 19.8 Å². The van der Waals surface area contributed by atoms with Crippen molar-refractivity contribution in [1.82, 2.24) is 10.2 Å². The summed E-state index contributed by atoms with van der Waals surface area (Å²) in [5.41, 5.74) is 0.767. The normalized spacial score (nSPS) is 14.7. The van der Waals surface area contributed by atoms with Crippen molar-refractivity contribution in [1.29, 1.82) is 0 Å². The summed E-state index contributed by atoms with van der Waals surface area (Å²) < 4.78 is 0. The minimum absolute atomic E-state index is 0.0484. The number of carbonyl (C=O) groups is 1. The monoisotopic (exact) mass is 378 g/mol. The molecule has 26 heavy (non-hydrogen) atoms. The zero-order chi connectivity index (χ0) is 18.9. The molecule has 2 N–H and O–H groups in total. The van der Waals surface area contributed by atoms with E-state index in [1.807, 2.05) is 4.90 Å². The Morgan fingerprint density at radius 2 is 1.92 bits per heavy atom. The summed E-state index contributed by atoms with van der Waals surface area (Å²) >= 11 is 5.42. The molecule has 0 unspecified atom stereocenters. The largest absolute Gasteiger partial charge is 0.356 e. The van der Waals surface area contributed by atoms with Crippen LogP contribution in [0.4, 0.5) is 11.4 Å². The second-order valence-electron chi connectivity index (χ2n) is 6.49. The Balaban J connectivity index is 1.75. The van der Waals surface area contributed by atoms with Crippen LogP contribution >= 0.6 is 12.2 Å². The number of rotatable bonds is 7. The van der Waals surface area contributed by atoms with E-state index in [1.165, 1.54) is 12.1 Å². The maximum atomic E-state index is 12.2. The molecule has 142 valence electrons. The van der Waals surface area contributed by atoms with E-state index in [1.54, 1.807) is 12.1 Å². The van der Waals surface area contributed by atoms with Crippen LogP contribution in [0, 0.1) is 16.0 Å². The van der Waals surface area contributed by atoms with E-state index in [2.05, 4.69) is 17.6 Å². The van der Waals surface area contributed by atoms with Crippen molar-refractivity contribution >= 4 is 34.6 Å². The van der Waals surface area contributed by atoms with Crippen molar-refractivity contribution in [2.24, 2.45) is 5.92 Å². The van der Waals surface area contributed by atoms with E-state index in [0.717, 1.165) is 57.4 Å². The molecule has 0 spiro atoms. The lowest BCUT2D eigenvalue weighted by Gasteiger charge is -2.33. The highest BCUT2D eigenvalue weighted by Crippen LogP contribution is 2.20. The average molecular weight is 378 g/mol. The van der Waals surface area contributed by atoms with Crippen molar-refractivity contribution in [2.75, 3.05) is 25.0 Å². The molecule has 0 bridgehead atoms. The molecule has 1 aliphatic rings. The van der Waals surface area contributed by atoms with Crippen LogP contribution in [0.1, 0.15) is 39.0 Å². The third-order valence-electron chi connectivity index (χ3n) is 4.56. The van der Waals surface area contributed by atoms with E-state index in [-0.39, 0.29) is 17.5 Å². The maximum Gasteiger partial charge on any atom is 0.269 e. The lowest BCUT2D eigenvalue weighted by molar-refractivity contribution is -0.384. The predicted octanol–water partition coefficient (Wildman–Crippen LogP) is 3.31. The third-order valence-corrected chi connectivity index (χ3v) is 4.92. The van der Waals surface area contributed by atoms with Gasteiger partial charge in [-0.3, -0.25) is 14.9 Å². The molecular formula is C18H26N4O3S. The number of hydrogen-bond acceptors (Lipinski definition) is 4. The van der Waals surface area contributed by atoms with Gasteiger partial charge in [0, 0.05) is 43.4 Å². The fraction of sp³-hybridized carbons (Fsp3) is 0.556. The molecule has 1 aromatic carbocycles. The highest BCUT2D eigenvalue weighted by atomic mass is 32.1. The molecule has 2 rings (SSSR count). The van der Waals surface area contributed by atoms with Crippen molar-refractivity contribution in [3.05, 3.63) is 34.4 Å². The summed E-state index contributed by atoms with van der Waals surface area (Å²) in [6.45, 7) is 4.36. The van der Waals surface area contributed by atoms with E-state index in [0.29, 0.717) is 5.11 Å². The van der Waals surface area contributed by atoms with Gasteiger partial charge in [0.2, 0.25) is 5.91 Å². The number of nitro groups is 1. The van der Waals surface area contributed by atoms with Crippen LogP contribution in [0.15, 0.2) is 24.3 Å². The molecule has 8 heteroatoms. The van der Waals surface area contributed by atoms with Crippen molar-refractivity contribution < 1.29 is 9.72 Å². The number of unbranched alkanes of at least 4 members (excludes halogenated alkanes) is 2. The summed E-state index contributed by atoms with van der Waals surface area (Å²) in [4.78, 5) is 24.5. The Labute approximate surface area is 159 Å². The fourth-order valence-electron chi connectivity index (χ4n) is 2.94. The second kappa shape index (κ2) is 10.1. The first-order valence-electron chi connectivity index (χ1n) is 9.09. The van der Waals surface area contributed by atoms with Gasteiger partial charge in [-0.15, -0.1) is 0 Å². The lowest BCUT2D eigenvalue weighted by Crippen LogP contribution is -2.44. The Kier molecular flexibility index (Phi) is 7.77. The number of nitrogens with zero attached hydrogens (tertiary/aromatic N) is 2. The van der Waals surface area contributed by atoms with Gasteiger partial charge < -0.3 is 15.5 Å². The summed E-state index contributed by atoms with van der Waals surface area (Å²) in [6, 6.07) is 6.17. The molecule has 1 saturated heterocycles. The molecule has 0 radical (unpaired) electrons. The van der Waals surface area contributed by atoms with Gasteiger partial charge in [0.05, 0.1) is 4.92 Å². The number of thiocarbonyl (C=S) groups is 1. The molecule has 1 heterocycles. The number of hydrogen-bond donors (Lipinski definition) is 2. The first kappa shape index (κ1) is 20.1. The van der Waals surface area contributed by atoms with Crippen molar-refractivity contribution in [2.45, 2.75) is 39.0 Å². The average Bonchev–Trinajstić information content (AvgIpc) is 2.65. The Hall–Kier alpha value is -2.22. The van der Waals surface area contributed by atoms with Crippen LogP contribution in [-0.2, 0) is 4.79 Å². The molecule has 7 nitrogen and oxygen atoms in total. The summed E-state index contributed by atoms with van der Waals surface area (Å²) in [6.07, 6.45) is 4.88. The van der Waals surface area contributed by atoms with E-state index < -0.39 is 4.92 Å². The number of amides is 1. The molecule has 1 aromatic rings. The van der Waals surface area contributed by atoms with Crippen LogP contribution in [0.3, 0.4) is 0 Å². The van der Waals surface area contributed by atoms with Crippen LogP contribution in [-0.4, -0.2) is 40.5 Å². The SMILES string of the molecule is CCCCCNC(=O)C1CCN(C(=S)Nc2ccc([N+](=O)[O-])cc2)CC1. The first-order chi connectivity index (χ1) is 12.5. The number of piperidine rings is 1. The van der Waals surface area contributed by atoms with Crippen molar-refractivity contribution in [3.63, 3.8) is 0 Å². The number of nitro benzene ring substituents is 1. The van der Waals surface area contributed by atoms with Gasteiger partial charge in [-0.2, -0.15) is 0 Å². The molecule has 0 atom stereocenters. The van der Waals surface area contributed by atoms with Gasteiger partial charge in [0.25, 0.3) is 5.69 Å². The Morgan fingerprint density at radius 3 is 2.50 bits per heavy atom. The zero-order valence-corrected chi connectivity index (χ0v) is 15.9. The standard InChI is InChI=1S/C18H26N4O3S/c1-2-3-4-11-19-17(23)14-9-12-21(13-10-14)18(26)20-15-5-7-16(8-6-15)22(24)25/h5-8,14H,2-4,9-13H2,1H3,(H,19,23)(H,20,26). The molecule has 1 amide bonds. The predicted molar refractivity (Wildman–Crippen MR) is 106 cm³/mol. The van der Waals surface area contributed by atoms with Crippen LogP contribution < -0.4 is 10.6 Å². The number of non-ortho nitro benzene ring substituents is 1. The highest BCUT2D eigenvalue weighted by molar-refractivity contribution is 7.80. The number of likely N-dealkylation sites (tertiary alicyclic amines) is 1. The Bertz CT molecular complexity index is 628.